The molecule has 0 bridgehead atoms. The molecule has 0 atom stereocenters. The van der Waals surface area contributed by atoms with Gasteiger partial charge < -0.3 is 4.74 Å². The quantitative estimate of drug-likeness (QED) is 0.208. The van der Waals surface area contributed by atoms with Gasteiger partial charge in [-0.2, -0.15) is 0 Å². The number of imidazole rings is 1. The lowest BCUT2D eigenvalue weighted by atomic mass is 9.85. The molecule has 3 heterocycles. The number of ether oxygens (including phenoxy) is 1. The lowest BCUT2D eigenvalue weighted by Crippen LogP contribution is -2.11. The van der Waals surface area contributed by atoms with Gasteiger partial charge in [0, 0.05) is 27.9 Å². The van der Waals surface area contributed by atoms with E-state index in [2.05, 4.69) is 128 Å². The SMILES string of the molecule is CC(C)(C)c1cc(Oc2ccc3c4ccccc4n4c5ccccc5nc4c3c2)cc(-c2cc3ccccc3cn2)c1. The molecule has 202 valence electrons. The molecular weight excluding hydrogens is 514 g/mol. The molecule has 0 aliphatic rings. The number of fused-ring (bicyclic) bond motifs is 9. The normalized spacial score (nSPS) is 12.2. The third-order valence-electron chi connectivity index (χ3n) is 8.16. The second-order valence-electron chi connectivity index (χ2n) is 12.0. The predicted molar refractivity (Wildman–Crippen MR) is 174 cm³/mol. The Morgan fingerprint density at radius 1 is 0.619 bits per heavy atom. The molecule has 8 rings (SSSR count). The average molecular weight is 544 g/mol. The van der Waals surface area contributed by atoms with Crippen LogP contribution in [0.4, 0.5) is 0 Å². The zero-order valence-corrected chi connectivity index (χ0v) is 23.8. The molecule has 42 heavy (non-hydrogen) atoms. The van der Waals surface area contributed by atoms with E-state index in [-0.39, 0.29) is 5.41 Å². The number of hydrogen-bond acceptors (Lipinski definition) is 3. The van der Waals surface area contributed by atoms with Crippen LogP contribution in [0, 0.1) is 0 Å². The van der Waals surface area contributed by atoms with Gasteiger partial charge in [0.25, 0.3) is 0 Å². The lowest BCUT2D eigenvalue weighted by molar-refractivity contribution is 0.479. The van der Waals surface area contributed by atoms with Crippen LogP contribution < -0.4 is 4.74 Å². The van der Waals surface area contributed by atoms with Crippen molar-refractivity contribution in [2.75, 3.05) is 0 Å². The fourth-order valence-corrected chi connectivity index (χ4v) is 5.97. The number of hydrogen-bond donors (Lipinski definition) is 0. The Bertz CT molecular complexity index is 2320. The molecule has 3 aromatic heterocycles. The van der Waals surface area contributed by atoms with Crippen molar-refractivity contribution >= 4 is 49.1 Å². The standard InChI is InChI=1S/C38H29N3O/c1-38(2,3)27-18-26(34-20-24-10-4-5-11-25(24)23-39-34)19-29(21-27)42-28-16-17-30-31-12-6-8-14-35(31)41-36-15-9-7-13-33(36)40-37(41)32(30)22-28/h4-23H,1-3H3. The lowest BCUT2D eigenvalue weighted by Gasteiger charge is -2.21. The maximum Gasteiger partial charge on any atom is 0.146 e. The van der Waals surface area contributed by atoms with Crippen LogP contribution in [0.15, 0.2) is 121 Å². The Kier molecular flexibility index (Phi) is 5.35. The van der Waals surface area contributed by atoms with E-state index in [9.17, 15) is 0 Å². The first-order valence-electron chi connectivity index (χ1n) is 14.3. The van der Waals surface area contributed by atoms with Gasteiger partial charge in [-0.05, 0) is 82.4 Å². The summed E-state index contributed by atoms with van der Waals surface area (Å²) in [5.74, 6) is 1.56. The maximum atomic E-state index is 6.64. The van der Waals surface area contributed by atoms with E-state index < -0.39 is 0 Å². The zero-order chi connectivity index (χ0) is 28.4. The Hall–Kier alpha value is -5.22. The van der Waals surface area contributed by atoms with Crippen molar-refractivity contribution in [2.45, 2.75) is 26.2 Å². The first kappa shape index (κ1) is 24.6. The zero-order valence-electron chi connectivity index (χ0n) is 23.8. The third-order valence-corrected chi connectivity index (χ3v) is 8.16. The molecule has 0 saturated carbocycles. The minimum atomic E-state index is -0.0601. The summed E-state index contributed by atoms with van der Waals surface area (Å²) in [6.07, 6.45) is 1.95. The highest BCUT2D eigenvalue weighted by atomic mass is 16.5. The number of rotatable bonds is 3. The molecule has 0 unspecified atom stereocenters. The van der Waals surface area contributed by atoms with Gasteiger partial charge in [0.05, 0.1) is 22.2 Å². The van der Waals surface area contributed by atoms with E-state index >= 15 is 0 Å². The van der Waals surface area contributed by atoms with E-state index in [1.54, 1.807) is 0 Å². The van der Waals surface area contributed by atoms with Crippen LogP contribution in [0.25, 0.3) is 60.4 Å². The maximum absolute atomic E-state index is 6.64. The number of para-hydroxylation sites is 3. The van der Waals surface area contributed by atoms with Crippen molar-refractivity contribution in [2.24, 2.45) is 0 Å². The molecule has 0 amide bonds. The second kappa shape index (κ2) is 9.15. The monoisotopic (exact) mass is 543 g/mol. The number of nitrogens with zero attached hydrogens (tertiary/aromatic N) is 3. The molecule has 0 saturated heterocycles. The molecule has 0 spiro atoms. The molecule has 4 heteroatoms. The fourth-order valence-electron chi connectivity index (χ4n) is 5.97. The molecule has 0 aliphatic carbocycles. The van der Waals surface area contributed by atoms with Crippen LogP contribution in [-0.4, -0.2) is 14.4 Å². The molecule has 0 aliphatic heterocycles. The van der Waals surface area contributed by atoms with Crippen LogP contribution in [0.3, 0.4) is 0 Å². The highest BCUT2D eigenvalue weighted by molar-refractivity contribution is 6.14. The van der Waals surface area contributed by atoms with Crippen molar-refractivity contribution in [3.63, 3.8) is 0 Å². The van der Waals surface area contributed by atoms with Gasteiger partial charge in [0.2, 0.25) is 0 Å². The summed E-state index contributed by atoms with van der Waals surface area (Å²) in [7, 11) is 0. The van der Waals surface area contributed by atoms with E-state index in [0.29, 0.717) is 0 Å². The largest absolute Gasteiger partial charge is 0.457 e. The third kappa shape index (κ3) is 3.99. The van der Waals surface area contributed by atoms with Gasteiger partial charge in [-0.1, -0.05) is 75.4 Å². The van der Waals surface area contributed by atoms with Crippen LogP contribution in [0.5, 0.6) is 11.5 Å². The minimum Gasteiger partial charge on any atom is -0.457 e. The smallest absolute Gasteiger partial charge is 0.146 e. The second-order valence-corrected chi connectivity index (χ2v) is 12.0. The van der Waals surface area contributed by atoms with Crippen LogP contribution in [0.2, 0.25) is 0 Å². The Balaban J connectivity index is 1.30. The summed E-state index contributed by atoms with van der Waals surface area (Å²) < 4.78 is 8.91. The molecule has 8 aromatic rings. The van der Waals surface area contributed by atoms with E-state index in [0.717, 1.165) is 61.1 Å². The van der Waals surface area contributed by atoms with Gasteiger partial charge in [0.1, 0.15) is 17.1 Å². The van der Waals surface area contributed by atoms with Gasteiger partial charge in [-0.15, -0.1) is 0 Å². The van der Waals surface area contributed by atoms with Crippen LogP contribution in [-0.2, 0) is 5.41 Å². The first-order valence-corrected chi connectivity index (χ1v) is 14.3. The summed E-state index contributed by atoms with van der Waals surface area (Å²) >= 11 is 0. The molecule has 4 nitrogen and oxygen atoms in total. The summed E-state index contributed by atoms with van der Waals surface area (Å²) in [5, 5.41) is 5.71. The number of benzene rings is 5. The summed E-state index contributed by atoms with van der Waals surface area (Å²) in [6, 6.07) is 40.1. The Morgan fingerprint density at radius 2 is 1.38 bits per heavy atom. The summed E-state index contributed by atoms with van der Waals surface area (Å²) in [6.45, 7) is 6.68. The van der Waals surface area contributed by atoms with Crippen LogP contribution in [0.1, 0.15) is 26.3 Å². The van der Waals surface area contributed by atoms with E-state index in [1.807, 2.05) is 18.3 Å². The molecule has 0 fully saturated rings. The highest BCUT2D eigenvalue weighted by Crippen LogP contribution is 2.38. The molecule has 0 N–H and O–H groups in total. The van der Waals surface area contributed by atoms with Crippen LogP contribution >= 0.6 is 0 Å². The van der Waals surface area contributed by atoms with Gasteiger partial charge in [-0.3, -0.25) is 9.38 Å². The first-order chi connectivity index (χ1) is 20.4. The van der Waals surface area contributed by atoms with Crippen molar-refractivity contribution in [1.29, 1.82) is 0 Å². The van der Waals surface area contributed by atoms with Gasteiger partial charge in [0.15, 0.2) is 0 Å². The van der Waals surface area contributed by atoms with E-state index in [1.165, 1.54) is 16.3 Å². The fraction of sp³-hybridized carbons (Fsp3) is 0.105. The topological polar surface area (TPSA) is 39.4 Å². The summed E-state index contributed by atoms with van der Waals surface area (Å²) in [4.78, 5) is 9.87. The number of aromatic nitrogens is 3. The Morgan fingerprint density at radius 3 is 2.24 bits per heavy atom. The molecular formula is C38H29N3O. The van der Waals surface area contributed by atoms with Gasteiger partial charge >= 0.3 is 0 Å². The molecule has 5 aromatic carbocycles. The average Bonchev–Trinajstić information content (AvgIpc) is 3.41. The van der Waals surface area contributed by atoms with Gasteiger partial charge in [-0.25, -0.2) is 4.98 Å². The minimum absolute atomic E-state index is 0.0601. The predicted octanol–water partition coefficient (Wildman–Crippen LogP) is 10.1. The van der Waals surface area contributed by atoms with Crippen molar-refractivity contribution < 1.29 is 4.74 Å². The van der Waals surface area contributed by atoms with Crippen molar-refractivity contribution in [3.05, 3.63) is 127 Å². The summed E-state index contributed by atoms with van der Waals surface area (Å²) in [5.41, 5.74) is 7.26. The van der Waals surface area contributed by atoms with E-state index in [4.69, 9.17) is 14.7 Å². The van der Waals surface area contributed by atoms with Crippen molar-refractivity contribution in [3.8, 4) is 22.8 Å². The Labute approximate surface area is 243 Å². The molecule has 0 radical (unpaired) electrons. The number of pyridine rings is 2. The highest BCUT2D eigenvalue weighted by Gasteiger charge is 2.18. The van der Waals surface area contributed by atoms with Crippen molar-refractivity contribution in [1.82, 2.24) is 14.4 Å².